The normalized spacial score (nSPS) is 12.1. The zero-order chi connectivity index (χ0) is 16.2. The number of hydrogen-bond donors (Lipinski definition) is 3. The number of aliphatic hydroxyl groups excluding tert-OH is 1. The Morgan fingerprint density at radius 1 is 1.35 bits per heavy atom. The molecule has 0 aliphatic carbocycles. The summed E-state index contributed by atoms with van der Waals surface area (Å²) in [7, 11) is 0. The summed E-state index contributed by atoms with van der Waals surface area (Å²) in [6.45, 7) is 0.0332. The van der Waals surface area contributed by atoms with E-state index in [2.05, 4.69) is 15.5 Å². The molecule has 118 valence electrons. The second kappa shape index (κ2) is 6.68. The van der Waals surface area contributed by atoms with Crippen LogP contribution in [0, 0.1) is 0 Å². The van der Waals surface area contributed by atoms with Gasteiger partial charge in [0.15, 0.2) is 11.5 Å². The number of amides is 1. The van der Waals surface area contributed by atoms with Gasteiger partial charge in [-0.15, -0.1) is 0 Å². The van der Waals surface area contributed by atoms with Crippen molar-refractivity contribution in [2.24, 2.45) is 0 Å². The van der Waals surface area contributed by atoms with Crippen molar-refractivity contribution in [2.75, 3.05) is 6.54 Å². The largest absolute Gasteiger partial charge is 0.463 e. The van der Waals surface area contributed by atoms with Gasteiger partial charge in [-0.2, -0.15) is 5.10 Å². The Hall–Kier alpha value is -2.57. The predicted molar refractivity (Wildman–Crippen MR) is 85.0 cm³/mol. The maximum atomic E-state index is 12.1. The third-order valence-corrected chi connectivity index (χ3v) is 3.66. The van der Waals surface area contributed by atoms with Crippen LogP contribution >= 0.6 is 11.6 Å². The predicted octanol–water partition coefficient (Wildman–Crippen LogP) is 2.79. The van der Waals surface area contributed by atoms with Gasteiger partial charge in [-0.05, 0) is 18.2 Å². The van der Waals surface area contributed by atoms with Crippen molar-refractivity contribution in [3.63, 3.8) is 0 Å². The third-order valence-electron chi connectivity index (χ3n) is 3.32. The number of nitrogens with zero attached hydrogens (tertiary/aromatic N) is 1. The van der Waals surface area contributed by atoms with Crippen LogP contribution in [0.25, 0.3) is 11.5 Å². The summed E-state index contributed by atoms with van der Waals surface area (Å²) in [5.41, 5.74) is 1.38. The Kier molecular flexibility index (Phi) is 4.45. The zero-order valence-corrected chi connectivity index (χ0v) is 12.7. The van der Waals surface area contributed by atoms with Gasteiger partial charge in [0.05, 0.1) is 12.4 Å². The van der Waals surface area contributed by atoms with E-state index < -0.39 is 12.0 Å². The monoisotopic (exact) mass is 331 g/mol. The van der Waals surface area contributed by atoms with Crippen molar-refractivity contribution in [3.05, 3.63) is 65.0 Å². The second-order valence-corrected chi connectivity index (χ2v) is 5.30. The van der Waals surface area contributed by atoms with Crippen LogP contribution < -0.4 is 5.32 Å². The fourth-order valence-electron chi connectivity index (χ4n) is 2.13. The van der Waals surface area contributed by atoms with Crippen LogP contribution in [-0.4, -0.2) is 27.8 Å². The fraction of sp³-hybridized carbons (Fsp3) is 0.125. The van der Waals surface area contributed by atoms with E-state index >= 15 is 0 Å². The molecule has 2 aromatic heterocycles. The molecule has 0 fully saturated rings. The number of carbonyl (C=O) groups is 1. The first-order valence-electron chi connectivity index (χ1n) is 6.95. The van der Waals surface area contributed by atoms with E-state index in [1.165, 1.54) is 6.26 Å². The van der Waals surface area contributed by atoms with E-state index in [-0.39, 0.29) is 12.2 Å². The first kappa shape index (κ1) is 15.3. The van der Waals surface area contributed by atoms with Crippen molar-refractivity contribution in [2.45, 2.75) is 6.10 Å². The average Bonchev–Trinajstić information content (AvgIpc) is 3.23. The van der Waals surface area contributed by atoms with Crippen LogP contribution in [0.15, 0.2) is 53.1 Å². The highest BCUT2D eigenvalue weighted by molar-refractivity contribution is 6.31. The molecule has 0 saturated carbocycles. The van der Waals surface area contributed by atoms with Crippen LogP contribution in [0.3, 0.4) is 0 Å². The van der Waals surface area contributed by atoms with Gasteiger partial charge in [0.2, 0.25) is 0 Å². The Morgan fingerprint density at radius 3 is 2.91 bits per heavy atom. The minimum atomic E-state index is -0.892. The van der Waals surface area contributed by atoms with E-state index in [0.717, 1.165) is 0 Å². The number of carbonyl (C=O) groups excluding carboxylic acids is 1. The molecule has 23 heavy (non-hydrogen) atoms. The van der Waals surface area contributed by atoms with Crippen LogP contribution in [0.2, 0.25) is 5.02 Å². The maximum Gasteiger partial charge on any atom is 0.271 e. The zero-order valence-electron chi connectivity index (χ0n) is 12.0. The summed E-state index contributed by atoms with van der Waals surface area (Å²) >= 11 is 6.01. The van der Waals surface area contributed by atoms with Gasteiger partial charge in [-0.1, -0.05) is 29.8 Å². The number of aromatic nitrogens is 2. The Bertz CT molecular complexity index is 799. The first-order chi connectivity index (χ1) is 11.1. The van der Waals surface area contributed by atoms with E-state index in [9.17, 15) is 9.90 Å². The van der Waals surface area contributed by atoms with Gasteiger partial charge in [0.1, 0.15) is 5.69 Å². The second-order valence-electron chi connectivity index (χ2n) is 4.89. The lowest BCUT2D eigenvalue weighted by Crippen LogP contribution is -2.28. The molecule has 0 aliphatic rings. The number of furan rings is 1. The molecule has 7 heteroatoms. The number of halogens is 1. The molecule has 1 atom stereocenters. The average molecular weight is 332 g/mol. The third kappa shape index (κ3) is 3.44. The van der Waals surface area contributed by atoms with Crippen molar-refractivity contribution in [1.29, 1.82) is 0 Å². The molecule has 3 N–H and O–H groups in total. The fourth-order valence-corrected chi connectivity index (χ4v) is 2.39. The molecule has 0 saturated heterocycles. The Labute approximate surface area is 137 Å². The van der Waals surface area contributed by atoms with Crippen molar-refractivity contribution in [3.8, 4) is 11.5 Å². The molecule has 1 aromatic carbocycles. The Balaban J connectivity index is 1.63. The molecule has 0 aliphatic heterocycles. The van der Waals surface area contributed by atoms with E-state index in [1.54, 1.807) is 42.5 Å². The number of hydrogen-bond acceptors (Lipinski definition) is 4. The lowest BCUT2D eigenvalue weighted by atomic mass is 10.1. The molecule has 0 bridgehead atoms. The number of benzene rings is 1. The van der Waals surface area contributed by atoms with E-state index in [4.69, 9.17) is 16.0 Å². The van der Waals surface area contributed by atoms with Gasteiger partial charge in [-0.25, -0.2) is 0 Å². The van der Waals surface area contributed by atoms with Crippen molar-refractivity contribution in [1.82, 2.24) is 15.5 Å². The smallest absolute Gasteiger partial charge is 0.271 e. The van der Waals surface area contributed by atoms with Gasteiger partial charge >= 0.3 is 0 Å². The minimum Gasteiger partial charge on any atom is -0.463 e. The van der Waals surface area contributed by atoms with Crippen LogP contribution in [-0.2, 0) is 0 Å². The topological polar surface area (TPSA) is 91.1 Å². The standard InChI is InChI=1S/C16H14ClN3O3/c17-11-5-2-1-4-10(11)14(21)9-18-16(22)13-8-12(19-20-13)15-6-3-7-23-15/h1-8,14,21H,9H2,(H,18,22)(H,19,20). The highest BCUT2D eigenvalue weighted by Crippen LogP contribution is 2.22. The van der Waals surface area contributed by atoms with E-state index in [1.807, 2.05) is 0 Å². The van der Waals surface area contributed by atoms with Gasteiger partial charge in [0, 0.05) is 23.2 Å². The summed E-state index contributed by atoms with van der Waals surface area (Å²) in [6.07, 6.45) is 0.645. The summed E-state index contributed by atoms with van der Waals surface area (Å²) in [4.78, 5) is 12.1. The summed E-state index contributed by atoms with van der Waals surface area (Å²) in [5.74, 6) is 0.192. The molecular formula is C16H14ClN3O3. The minimum absolute atomic E-state index is 0.0332. The van der Waals surface area contributed by atoms with E-state index in [0.29, 0.717) is 22.0 Å². The molecule has 6 nitrogen and oxygen atoms in total. The number of aliphatic hydroxyl groups is 1. The quantitative estimate of drug-likeness (QED) is 0.670. The molecule has 2 heterocycles. The SMILES string of the molecule is O=C(NCC(O)c1ccccc1Cl)c1cc(-c2ccco2)[nH]n1. The first-order valence-corrected chi connectivity index (χ1v) is 7.33. The Morgan fingerprint density at radius 2 is 2.17 bits per heavy atom. The highest BCUT2D eigenvalue weighted by atomic mass is 35.5. The van der Waals surface area contributed by atoms with Gasteiger partial charge in [-0.3, -0.25) is 9.89 Å². The summed E-state index contributed by atoms with van der Waals surface area (Å²) < 4.78 is 5.22. The van der Waals surface area contributed by atoms with Gasteiger partial charge in [0.25, 0.3) is 5.91 Å². The maximum absolute atomic E-state index is 12.1. The van der Waals surface area contributed by atoms with Crippen LogP contribution in [0.5, 0.6) is 0 Å². The molecule has 1 unspecified atom stereocenters. The van der Waals surface area contributed by atoms with Gasteiger partial charge < -0.3 is 14.8 Å². The molecule has 3 aromatic rings. The number of nitrogens with one attached hydrogen (secondary N) is 2. The number of aromatic amines is 1. The molecule has 3 rings (SSSR count). The molecule has 0 radical (unpaired) electrons. The number of H-pyrrole nitrogens is 1. The lowest BCUT2D eigenvalue weighted by molar-refractivity contribution is 0.0911. The molecular weight excluding hydrogens is 318 g/mol. The lowest BCUT2D eigenvalue weighted by Gasteiger charge is -2.12. The number of rotatable bonds is 5. The van der Waals surface area contributed by atoms with Crippen LogP contribution in [0.1, 0.15) is 22.2 Å². The highest BCUT2D eigenvalue weighted by Gasteiger charge is 2.16. The summed E-state index contributed by atoms with van der Waals surface area (Å²) in [6, 6.07) is 12.0. The molecule has 1 amide bonds. The van der Waals surface area contributed by atoms with Crippen molar-refractivity contribution < 1.29 is 14.3 Å². The summed E-state index contributed by atoms with van der Waals surface area (Å²) in [5, 5.41) is 19.9. The van der Waals surface area contributed by atoms with Crippen LogP contribution in [0.4, 0.5) is 0 Å². The molecule has 0 spiro atoms. The van der Waals surface area contributed by atoms with Crippen molar-refractivity contribution >= 4 is 17.5 Å².